The fourth-order valence-corrected chi connectivity index (χ4v) is 2.52. The van der Waals surface area contributed by atoms with Crippen LogP contribution in [-0.2, 0) is 9.53 Å². The summed E-state index contributed by atoms with van der Waals surface area (Å²) in [5, 5.41) is 13.3. The van der Waals surface area contributed by atoms with Gasteiger partial charge in [0.05, 0.1) is 18.2 Å². The molecule has 21 heavy (non-hydrogen) atoms. The Morgan fingerprint density at radius 3 is 2.86 bits per heavy atom. The zero-order valence-electron chi connectivity index (χ0n) is 12.2. The third-order valence-corrected chi connectivity index (χ3v) is 3.84. The Kier molecular flexibility index (Phi) is 4.47. The number of aromatic hydroxyl groups is 1. The number of allylic oxidation sites excluding steroid dienone is 1. The second-order valence-electron chi connectivity index (χ2n) is 4.76. The minimum atomic E-state index is -0.431. The van der Waals surface area contributed by atoms with Gasteiger partial charge in [-0.25, -0.2) is 4.79 Å². The number of esters is 1. The highest BCUT2D eigenvalue weighted by molar-refractivity contribution is 7.80. The van der Waals surface area contributed by atoms with Crippen LogP contribution in [0.4, 0.5) is 0 Å². The monoisotopic (exact) mass is 306 g/mol. The van der Waals surface area contributed by atoms with Gasteiger partial charge in [0, 0.05) is 12.7 Å². The largest absolute Gasteiger partial charge is 0.508 e. The number of phenols is 1. The van der Waals surface area contributed by atoms with E-state index in [1.807, 2.05) is 13.0 Å². The Labute approximate surface area is 129 Å². The lowest BCUT2D eigenvalue weighted by atomic mass is 9.95. The zero-order valence-corrected chi connectivity index (χ0v) is 13.0. The van der Waals surface area contributed by atoms with Crippen LogP contribution in [0.5, 0.6) is 5.75 Å². The molecule has 112 valence electrons. The molecular weight excluding hydrogens is 288 g/mol. The van der Waals surface area contributed by atoms with Gasteiger partial charge in [-0.1, -0.05) is 12.1 Å². The number of phenolic OH excluding ortho intramolecular Hbond substituents is 1. The lowest BCUT2D eigenvalue weighted by Gasteiger charge is -2.35. The van der Waals surface area contributed by atoms with E-state index in [4.69, 9.17) is 17.0 Å². The Hall–Kier alpha value is -2.08. The molecule has 1 unspecified atom stereocenters. The van der Waals surface area contributed by atoms with Crippen LogP contribution >= 0.6 is 12.2 Å². The van der Waals surface area contributed by atoms with E-state index in [2.05, 4.69) is 5.32 Å². The lowest BCUT2D eigenvalue weighted by Crippen LogP contribution is -2.46. The predicted octanol–water partition coefficient (Wildman–Crippen LogP) is 2.09. The van der Waals surface area contributed by atoms with Crippen LogP contribution in [0.25, 0.3) is 0 Å². The van der Waals surface area contributed by atoms with Crippen LogP contribution < -0.4 is 5.32 Å². The molecule has 0 fully saturated rings. The van der Waals surface area contributed by atoms with Gasteiger partial charge in [0.2, 0.25) is 0 Å². The lowest BCUT2D eigenvalue weighted by molar-refractivity contribution is -0.139. The smallest absolute Gasteiger partial charge is 0.338 e. The number of thiocarbonyl (C=S) groups is 1. The number of hydrogen-bond acceptors (Lipinski definition) is 4. The number of hydrogen-bond donors (Lipinski definition) is 2. The Balaban J connectivity index is 2.51. The van der Waals surface area contributed by atoms with E-state index in [1.54, 1.807) is 37.1 Å². The molecule has 0 amide bonds. The minimum Gasteiger partial charge on any atom is -0.508 e. The molecule has 1 aromatic rings. The molecule has 0 spiro atoms. The summed E-state index contributed by atoms with van der Waals surface area (Å²) in [5.41, 5.74) is 2.00. The maximum atomic E-state index is 12.3. The first-order valence-electron chi connectivity index (χ1n) is 6.66. The van der Waals surface area contributed by atoms with Gasteiger partial charge in [0.25, 0.3) is 0 Å². The second-order valence-corrected chi connectivity index (χ2v) is 5.14. The average molecular weight is 306 g/mol. The topological polar surface area (TPSA) is 61.8 Å². The Morgan fingerprint density at radius 2 is 2.24 bits per heavy atom. The van der Waals surface area contributed by atoms with Crippen LogP contribution in [0.2, 0.25) is 0 Å². The number of carbonyl (C=O) groups is 1. The van der Waals surface area contributed by atoms with E-state index in [9.17, 15) is 9.90 Å². The summed E-state index contributed by atoms with van der Waals surface area (Å²) in [4.78, 5) is 14.0. The first kappa shape index (κ1) is 15.3. The quantitative estimate of drug-likeness (QED) is 0.659. The molecule has 0 aliphatic carbocycles. The molecule has 5 nitrogen and oxygen atoms in total. The SMILES string of the molecule is CCOC(=O)C1=C(C)N(C)C(=S)NC1c1cccc(O)c1. The fourth-order valence-electron chi connectivity index (χ4n) is 2.26. The van der Waals surface area contributed by atoms with Crippen LogP contribution in [0.3, 0.4) is 0 Å². The molecule has 1 aliphatic heterocycles. The highest BCUT2D eigenvalue weighted by atomic mass is 32.1. The number of nitrogens with one attached hydrogen (secondary N) is 1. The van der Waals surface area contributed by atoms with Crippen molar-refractivity contribution in [1.82, 2.24) is 10.2 Å². The van der Waals surface area contributed by atoms with Crippen molar-refractivity contribution >= 4 is 23.3 Å². The van der Waals surface area contributed by atoms with Gasteiger partial charge in [-0.2, -0.15) is 0 Å². The van der Waals surface area contributed by atoms with E-state index in [0.29, 0.717) is 17.3 Å². The summed E-state index contributed by atoms with van der Waals surface area (Å²) in [6, 6.07) is 6.32. The van der Waals surface area contributed by atoms with Crippen molar-refractivity contribution in [3.8, 4) is 5.75 Å². The summed E-state index contributed by atoms with van der Waals surface area (Å²) >= 11 is 5.29. The average Bonchev–Trinajstić information content (AvgIpc) is 2.44. The van der Waals surface area contributed by atoms with Crippen molar-refractivity contribution < 1.29 is 14.6 Å². The molecular formula is C15H18N2O3S. The van der Waals surface area contributed by atoms with Crippen LogP contribution in [0.15, 0.2) is 35.5 Å². The van der Waals surface area contributed by atoms with Crippen molar-refractivity contribution in [2.24, 2.45) is 0 Å². The maximum Gasteiger partial charge on any atom is 0.338 e. The van der Waals surface area contributed by atoms with E-state index in [0.717, 1.165) is 11.3 Å². The molecule has 0 aromatic heterocycles. The summed E-state index contributed by atoms with van der Waals surface area (Å²) in [5.74, 6) is -0.245. The number of benzene rings is 1. The van der Waals surface area contributed by atoms with Crippen LogP contribution in [0, 0.1) is 0 Å². The van der Waals surface area contributed by atoms with Crippen LogP contribution in [0.1, 0.15) is 25.5 Å². The fraction of sp³-hybridized carbons (Fsp3) is 0.333. The molecule has 1 heterocycles. The molecule has 2 N–H and O–H groups in total. The second kappa shape index (κ2) is 6.13. The first-order valence-corrected chi connectivity index (χ1v) is 7.07. The Morgan fingerprint density at radius 1 is 1.52 bits per heavy atom. The maximum absolute atomic E-state index is 12.3. The van der Waals surface area contributed by atoms with Gasteiger partial charge in [-0.05, 0) is 43.8 Å². The van der Waals surface area contributed by atoms with Crippen molar-refractivity contribution in [3.63, 3.8) is 0 Å². The standard InChI is InChI=1S/C15H18N2O3S/c1-4-20-14(19)12-9(2)17(3)15(21)16-13(12)10-6-5-7-11(18)8-10/h5-8,13,18H,4H2,1-3H3,(H,16,21). The molecule has 0 saturated carbocycles. The number of nitrogens with zero attached hydrogens (tertiary/aromatic N) is 1. The highest BCUT2D eigenvalue weighted by Crippen LogP contribution is 2.31. The van der Waals surface area contributed by atoms with E-state index in [1.165, 1.54) is 0 Å². The van der Waals surface area contributed by atoms with Gasteiger partial charge in [-0.3, -0.25) is 0 Å². The molecule has 1 aliphatic rings. The van der Waals surface area contributed by atoms with Gasteiger partial charge < -0.3 is 20.1 Å². The molecule has 0 saturated heterocycles. The summed E-state index contributed by atoms with van der Waals surface area (Å²) in [7, 11) is 1.79. The van der Waals surface area contributed by atoms with E-state index in [-0.39, 0.29) is 11.7 Å². The van der Waals surface area contributed by atoms with Gasteiger partial charge in [0.15, 0.2) is 5.11 Å². The number of rotatable bonds is 3. The number of carbonyl (C=O) groups excluding carboxylic acids is 1. The first-order chi connectivity index (χ1) is 9.95. The molecule has 6 heteroatoms. The molecule has 1 aromatic carbocycles. The van der Waals surface area contributed by atoms with E-state index < -0.39 is 6.04 Å². The van der Waals surface area contributed by atoms with Crippen molar-refractivity contribution in [1.29, 1.82) is 0 Å². The molecule has 2 rings (SSSR count). The third kappa shape index (κ3) is 3.00. The Bertz CT molecular complexity index is 613. The molecule has 0 bridgehead atoms. The normalized spacial score (nSPS) is 18.5. The van der Waals surface area contributed by atoms with Crippen molar-refractivity contribution in [3.05, 3.63) is 41.1 Å². The van der Waals surface area contributed by atoms with Gasteiger partial charge in [-0.15, -0.1) is 0 Å². The predicted molar refractivity (Wildman–Crippen MR) is 83.7 cm³/mol. The van der Waals surface area contributed by atoms with Crippen LogP contribution in [-0.4, -0.2) is 34.7 Å². The minimum absolute atomic E-state index is 0.139. The summed E-state index contributed by atoms with van der Waals surface area (Å²) in [6.45, 7) is 3.90. The molecule has 1 atom stereocenters. The molecule has 0 radical (unpaired) electrons. The van der Waals surface area contributed by atoms with Crippen molar-refractivity contribution in [2.45, 2.75) is 19.9 Å². The van der Waals surface area contributed by atoms with Gasteiger partial charge >= 0.3 is 5.97 Å². The van der Waals surface area contributed by atoms with Gasteiger partial charge in [0.1, 0.15) is 5.75 Å². The third-order valence-electron chi connectivity index (χ3n) is 3.45. The summed E-state index contributed by atoms with van der Waals surface area (Å²) in [6.07, 6.45) is 0. The summed E-state index contributed by atoms with van der Waals surface area (Å²) < 4.78 is 5.15. The zero-order chi connectivity index (χ0) is 15.6. The number of ether oxygens (including phenoxy) is 1. The van der Waals surface area contributed by atoms with E-state index >= 15 is 0 Å². The van der Waals surface area contributed by atoms with Crippen molar-refractivity contribution in [2.75, 3.05) is 13.7 Å². The highest BCUT2D eigenvalue weighted by Gasteiger charge is 2.33.